The van der Waals surface area contributed by atoms with Gasteiger partial charge in [-0.05, 0) is 55.3 Å². The Balaban J connectivity index is 1.74. The second-order valence-electron chi connectivity index (χ2n) is 5.10. The number of nitrogens with one attached hydrogen (secondary N) is 2. The Morgan fingerprint density at radius 1 is 1.17 bits per heavy atom. The van der Waals surface area contributed by atoms with Gasteiger partial charge >= 0.3 is 6.03 Å². The first-order chi connectivity index (χ1) is 11.0. The zero-order chi connectivity index (χ0) is 16.8. The lowest BCUT2D eigenvalue weighted by Crippen LogP contribution is -2.32. The molecule has 6 heteroatoms. The zero-order valence-electron chi connectivity index (χ0n) is 13.0. The van der Waals surface area contributed by atoms with Crippen molar-refractivity contribution in [1.82, 2.24) is 5.32 Å². The molecule has 2 aromatic rings. The number of aryl methyl sites for hydroxylation is 2. The van der Waals surface area contributed by atoms with E-state index in [4.69, 9.17) is 16.3 Å². The summed E-state index contributed by atoms with van der Waals surface area (Å²) in [6.45, 7) is 4.74. The number of carbonyl (C=O) groups is 1. The van der Waals surface area contributed by atoms with Crippen molar-refractivity contribution in [3.05, 3.63) is 58.4 Å². The fourth-order valence-electron chi connectivity index (χ4n) is 1.89. The van der Waals surface area contributed by atoms with Crippen molar-refractivity contribution >= 4 is 23.3 Å². The molecule has 0 bridgehead atoms. The van der Waals surface area contributed by atoms with Gasteiger partial charge in [0.25, 0.3) is 0 Å². The summed E-state index contributed by atoms with van der Waals surface area (Å²) in [6.07, 6.45) is 0. The van der Waals surface area contributed by atoms with Gasteiger partial charge in [-0.15, -0.1) is 0 Å². The van der Waals surface area contributed by atoms with Gasteiger partial charge in [0.2, 0.25) is 0 Å². The molecule has 2 amide bonds. The molecule has 0 fully saturated rings. The van der Waals surface area contributed by atoms with Crippen molar-refractivity contribution in [3.63, 3.8) is 0 Å². The third-order valence-corrected chi connectivity index (χ3v) is 3.60. The molecule has 0 aliphatic carbocycles. The molecule has 2 N–H and O–H groups in total. The fourth-order valence-corrected chi connectivity index (χ4v) is 2.07. The van der Waals surface area contributed by atoms with Crippen molar-refractivity contribution < 1.29 is 13.9 Å². The summed E-state index contributed by atoms with van der Waals surface area (Å²) >= 11 is 5.65. The normalized spacial score (nSPS) is 10.3. The molecule has 0 unspecified atom stereocenters. The highest BCUT2D eigenvalue weighted by Gasteiger charge is 2.05. The molecule has 0 radical (unpaired) electrons. The maximum atomic E-state index is 13.0. The van der Waals surface area contributed by atoms with Crippen LogP contribution in [0.5, 0.6) is 5.75 Å². The second-order valence-corrected chi connectivity index (χ2v) is 5.51. The first-order valence-corrected chi connectivity index (χ1v) is 7.53. The third-order valence-electron chi connectivity index (χ3n) is 3.31. The summed E-state index contributed by atoms with van der Waals surface area (Å²) in [7, 11) is 0. The number of rotatable bonds is 5. The van der Waals surface area contributed by atoms with Crippen molar-refractivity contribution in [2.75, 3.05) is 18.5 Å². The van der Waals surface area contributed by atoms with E-state index in [2.05, 4.69) is 10.6 Å². The lowest BCUT2D eigenvalue weighted by molar-refractivity contribution is 0.247. The highest BCUT2D eigenvalue weighted by Crippen LogP contribution is 2.19. The molecule has 0 saturated heterocycles. The molecular weight excluding hydrogens is 319 g/mol. The summed E-state index contributed by atoms with van der Waals surface area (Å²) in [5.41, 5.74) is 2.78. The van der Waals surface area contributed by atoms with E-state index in [-0.39, 0.29) is 5.02 Å². The Kier molecular flexibility index (Phi) is 5.82. The molecule has 2 aromatic carbocycles. The Hall–Kier alpha value is -2.27. The SMILES string of the molecule is Cc1ccc(OCCNC(=O)Nc2ccc(F)c(Cl)c2)cc1C. The Bertz CT molecular complexity index is 707. The van der Waals surface area contributed by atoms with Crippen LogP contribution in [0.15, 0.2) is 36.4 Å². The fraction of sp³-hybridized carbons (Fsp3) is 0.235. The van der Waals surface area contributed by atoms with Crippen LogP contribution in [-0.2, 0) is 0 Å². The smallest absolute Gasteiger partial charge is 0.319 e. The first kappa shape index (κ1) is 17.1. The van der Waals surface area contributed by atoms with Crippen LogP contribution in [0.3, 0.4) is 0 Å². The van der Waals surface area contributed by atoms with E-state index in [1.165, 1.54) is 23.8 Å². The van der Waals surface area contributed by atoms with E-state index in [0.29, 0.717) is 18.8 Å². The first-order valence-electron chi connectivity index (χ1n) is 7.15. The predicted octanol–water partition coefficient (Wildman–Crippen LogP) is 4.30. The van der Waals surface area contributed by atoms with Crippen LogP contribution in [0.25, 0.3) is 0 Å². The second kappa shape index (κ2) is 7.83. The number of benzene rings is 2. The molecule has 0 aromatic heterocycles. The molecule has 23 heavy (non-hydrogen) atoms. The Labute approximate surface area is 139 Å². The van der Waals surface area contributed by atoms with Crippen LogP contribution in [-0.4, -0.2) is 19.2 Å². The predicted molar refractivity (Wildman–Crippen MR) is 89.8 cm³/mol. The minimum atomic E-state index is -0.528. The van der Waals surface area contributed by atoms with Crippen LogP contribution in [0.4, 0.5) is 14.9 Å². The minimum Gasteiger partial charge on any atom is -0.492 e. The van der Waals surface area contributed by atoms with Crippen LogP contribution in [0.2, 0.25) is 5.02 Å². The zero-order valence-corrected chi connectivity index (χ0v) is 13.7. The molecule has 122 valence electrons. The van der Waals surface area contributed by atoms with Gasteiger partial charge in [-0.1, -0.05) is 17.7 Å². The van der Waals surface area contributed by atoms with Crippen LogP contribution >= 0.6 is 11.6 Å². The number of amides is 2. The topological polar surface area (TPSA) is 50.4 Å². The summed E-state index contributed by atoms with van der Waals surface area (Å²) in [5.74, 6) is 0.236. The summed E-state index contributed by atoms with van der Waals surface area (Å²) < 4.78 is 18.6. The number of carbonyl (C=O) groups excluding carboxylic acids is 1. The molecule has 0 saturated carbocycles. The van der Waals surface area contributed by atoms with Gasteiger partial charge in [-0.2, -0.15) is 0 Å². The van der Waals surface area contributed by atoms with Gasteiger partial charge in [0.1, 0.15) is 18.2 Å². The third kappa shape index (κ3) is 5.14. The molecule has 0 aliphatic heterocycles. The molecule has 0 heterocycles. The minimum absolute atomic E-state index is 0.0409. The molecular formula is C17H18ClFN2O2. The van der Waals surface area contributed by atoms with Gasteiger partial charge < -0.3 is 15.4 Å². The van der Waals surface area contributed by atoms with Crippen molar-refractivity contribution in [2.24, 2.45) is 0 Å². The lowest BCUT2D eigenvalue weighted by atomic mass is 10.1. The molecule has 0 aliphatic rings. The molecule has 0 atom stereocenters. The van der Waals surface area contributed by atoms with Crippen molar-refractivity contribution in [2.45, 2.75) is 13.8 Å². The summed E-state index contributed by atoms with van der Waals surface area (Å²) in [6, 6.07) is 9.41. The number of urea groups is 1. The Morgan fingerprint density at radius 2 is 1.96 bits per heavy atom. The summed E-state index contributed by atoms with van der Waals surface area (Å²) in [4.78, 5) is 11.7. The average Bonchev–Trinajstić information content (AvgIpc) is 2.51. The average molecular weight is 337 g/mol. The standard InChI is InChI=1S/C17H18ClFN2O2/c1-11-3-5-14(9-12(11)2)23-8-7-20-17(22)21-13-4-6-16(19)15(18)10-13/h3-6,9-10H,7-8H2,1-2H3,(H2,20,21,22). The van der Waals surface area contributed by atoms with Gasteiger partial charge in [-0.25, -0.2) is 9.18 Å². The molecule has 0 spiro atoms. The van der Waals surface area contributed by atoms with Crippen LogP contribution < -0.4 is 15.4 Å². The van der Waals surface area contributed by atoms with Gasteiger partial charge in [0.15, 0.2) is 0 Å². The van der Waals surface area contributed by atoms with E-state index in [1.807, 2.05) is 32.0 Å². The lowest BCUT2D eigenvalue weighted by Gasteiger charge is -2.10. The van der Waals surface area contributed by atoms with E-state index < -0.39 is 11.8 Å². The van der Waals surface area contributed by atoms with E-state index in [0.717, 1.165) is 11.3 Å². The number of ether oxygens (including phenoxy) is 1. The maximum Gasteiger partial charge on any atom is 0.319 e. The van der Waals surface area contributed by atoms with E-state index in [9.17, 15) is 9.18 Å². The van der Waals surface area contributed by atoms with E-state index in [1.54, 1.807) is 0 Å². The maximum absolute atomic E-state index is 13.0. The quantitative estimate of drug-likeness (QED) is 0.800. The number of halogens is 2. The highest BCUT2D eigenvalue weighted by atomic mass is 35.5. The van der Waals surface area contributed by atoms with Crippen molar-refractivity contribution in [1.29, 1.82) is 0 Å². The summed E-state index contributed by atoms with van der Waals surface area (Å²) in [5, 5.41) is 5.18. The van der Waals surface area contributed by atoms with Crippen LogP contribution in [0.1, 0.15) is 11.1 Å². The number of hydrogen-bond acceptors (Lipinski definition) is 2. The molecule has 4 nitrogen and oxygen atoms in total. The van der Waals surface area contributed by atoms with E-state index >= 15 is 0 Å². The van der Waals surface area contributed by atoms with Gasteiger partial charge in [-0.3, -0.25) is 0 Å². The van der Waals surface area contributed by atoms with Gasteiger partial charge in [0, 0.05) is 5.69 Å². The largest absolute Gasteiger partial charge is 0.492 e. The number of anilines is 1. The highest BCUT2D eigenvalue weighted by molar-refractivity contribution is 6.31. The monoisotopic (exact) mass is 336 g/mol. The van der Waals surface area contributed by atoms with Gasteiger partial charge in [0.05, 0.1) is 11.6 Å². The Morgan fingerprint density at radius 3 is 2.65 bits per heavy atom. The van der Waals surface area contributed by atoms with Crippen molar-refractivity contribution in [3.8, 4) is 5.75 Å². The molecule has 2 rings (SSSR count). The number of hydrogen-bond donors (Lipinski definition) is 2. The van der Waals surface area contributed by atoms with Crippen LogP contribution in [0, 0.1) is 19.7 Å².